The number of aryl methyl sites for hydroxylation is 1. The predicted octanol–water partition coefficient (Wildman–Crippen LogP) is 2.86. The largest absolute Gasteiger partial charge is 0.399 e. The fourth-order valence-electron chi connectivity index (χ4n) is 1.51. The maximum absolute atomic E-state index is 12.1. The third-order valence-electron chi connectivity index (χ3n) is 2.36. The normalized spacial score (nSPS) is 10.2. The van der Waals surface area contributed by atoms with Gasteiger partial charge in [-0.3, -0.25) is 9.78 Å². The number of ketones is 1. The van der Waals surface area contributed by atoms with Crippen LogP contribution in [0.2, 0.25) is 5.02 Å². The first kappa shape index (κ1) is 11.6. The van der Waals surface area contributed by atoms with E-state index in [0.717, 1.165) is 5.69 Å². The van der Waals surface area contributed by atoms with Gasteiger partial charge in [0, 0.05) is 33.7 Å². The summed E-state index contributed by atoms with van der Waals surface area (Å²) in [4.78, 5) is 16.2. The molecular weight excluding hydrogens is 236 g/mol. The molecule has 0 fully saturated rings. The first-order valence-electron chi connectivity index (χ1n) is 5.09. The Balaban J connectivity index is 2.40. The Bertz CT molecular complexity index is 544. The van der Waals surface area contributed by atoms with Crippen LogP contribution in [0, 0.1) is 6.92 Å². The summed E-state index contributed by atoms with van der Waals surface area (Å²) in [5, 5.41) is 0.452. The molecule has 0 atom stereocenters. The van der Waals surface area contributed by atoms with Crippen molar-refractivity contribution in [3.05, 3.63) is 58.4 Å². The van der Waals surface area contributed by atoms with Gasteiger partial charge in [0.05, 0.1) is 0 Å². The zero-order valence-corrected chi connectivity index (χ0v) is 10.0. The molecule has 0 amide bonds. The van der Waals surface area contributed by atoms with Crippen LogP contribution in [0.15, 0.2) is 36.5 Å². The van der Waals surface area contributed by atoms with Gasteiger partial charge in [-0.15, -0.1) is 0 Å². The van der Waals surface area contributed by atoms with Gasteiger partial charge in [0.1, 0.15) is 0 Å². The number of benzene rings is 1. The number of carbonyl (C=O) groups excluding carboxylic acids is 1. The maximum Gasteiger partial charge on any atom is 0.194 e. The Hall–Kier alpha value is -1.87. The molecule has 0 spiro atoms. The Kier molecular flexibility index (Phi) is 3.11. The van der Waals surface area contributed by atoms with Crippen LogP contribution in [0.25, 0.3) is 0 Å². The second-order valence-electron chi connectivity index (χ2n) is 3.79. The number of aromatic nitrogens is 1. The number of rotatable bonds is 2. The highest BCUT2D eigenvalue weighted by molar-refractivity contribution is 6.31. The van der Waals surface area contributed by atoms with Crippen molar-refractivity contribution in [1.29, 1.82) is 0 Å². The summed E-state index contributed by atoms with van der Waals surface area (Å²) in [5.74, 6) is -0.133. The molecule has 3 nitrogen and oxygen atoms in total. The Morgan fingerprint density at radius 1 is 1.24 bits per heavy atom. The van der Waals surface area contributed by atoms with E-state index in [-0.39, 0.29) is 5.78 Å². The number of pyridine rings is 1. The van der Waals surface area contributed by atoms with Crippen LogP contribution in [0.1, 0.15) is 21.6 Å². The molecule has 2 aromatic rings. The molecule has 86 valence electrons. The van der Waals surface area contributed by atoms with Gasteiger partial charge < -0.3 is 5.73 Å². The topological polar surface area (TPSA) is 56.0 Å². The number of anilines is 1. The van der Waals surface area contributed by atoms with Gasteiger partial charge in [-0.25, -0.2) is 0 Å². The molecule has 0 saturated heterocycles. The lowest BCUT2D eigenvalue weighted by molar-refractivity contribution is 0.103. The van der Waals surface area contributed by atoms with Crippen molar-refractivity contribution in [2.24, 2.45) is 0 Å². The van der Waals surface area contributed by atoms with E-state index >= 15 is 0 Å². The van der Waals surface area contributed by atoms with Crippen LogP contribution < -0.4 is 5.73 Å². The van der Waals surface area contributed by atoms with Gasteiger partial charge in [-0.05, 0) is 37.3 Å². The van der Waals surface area contributed by atoms with Gasteiger partial charge in [0.2, 0.25) is 0 Å². The molecule has 1 heterocycles. The second kappa shape index (κ2) is 4.55. The molecule has 0 aliphatic heterocycles. The second-order valence-corrected chi connectivity index (χ2v) is 4.23. The first-order chi connectivity index (χ1) is 8.06. The zero-order chi connectivity index (χ0) is 12.4. The van der Waals surface area contributed by atoms with Crippen LogP contribution in [0.3, 0.4) is 0 Å². The summed E-state index contributed by atoms with van der Waals surface area (Å²) in [7, 11) is 0. The van der Waals surface area contributed by atoms with Crippen LogP contribution in [-0.2, 0) is 0 Å². The number of nitrogens with two attached hydrogens (primary N) is 1. The van der Waals surface area contributed by atoms with Crippen molar-refractivity contribution in [2.75, 3.05) is 5.73 Å². The van der Waals surface area contributed by atoms with Gasteiger partial charge in [-0.2, -0.15) is 0 Å². The van der Waals surface area contributed by atoms with Gasteiger partial charge in [0.25, 0.3) is 0 Å². The van der Waals surface area contributed by atoms with Crippen LogP contribution >= 0.6 is 11.6 Å². The third kappa shape index (κ3) is 2.63. The van der Waals surface area contributed by atoms with E-state index in [1.807, 2.05) is 6.92 Å². The van der Waals surface area contributed by atoms with Gasteiger partial charge in [0.15, 0.2) is 5.78 Å². The highest BCUT2D eigenvalue weighted by Crippen LogP contribution is 2.19. The monoisotopic (exact) mass is 246 g/mol. The van der Waals surface area contributed by atoms with Gasteiger partial charge >= 0.3 is 0 Å². The fourth-order valence-corrected chi connectivity index (χ4v) is 1.76. The van der Waals surface area contributed by atoms with E-state index in [2.05, 4.69) is 4.98 Å². The van der Waals surface area contributed by atoms with E-state index in [4.69, 9.17) is 17.3 Å². The molecule has 1 aromatic heterocycles. The molecule has 2 N–H and O–H groups in total. The van der Waals surface area contributed by atoms with E-state index in [9.17, 15) is 4.79 Å². The van der Waals surface area contributed by atoms with E-state index < -0.39 is 0 Å². The number of carbonyl (C=O) groups is 1. The fraction of sp³-hybridized carbons (Fsp3) is 0.0769. The third-order valence-corrected chi connectivity index (χ3v) is 2.57. The molecule has 4 heteroatoms. The van der Waals surface area contributed by atoms with Crippen molar-refractivity contribution < 1.29 is 4.79 Å². The number of nitrogen functional groups attached to an aromatic ring is 1. The lowest BCUT2D eigenvalue weighted by Gasteiger charge is -2.03. The first-order valence-corrected chi connectivity index (χ1v) is 5.47. The molecule has 2 rings (SSSR count). The Morgan fingerprint density at radius 3 is 2.59 bits per heavy atom. The van der Waals surface area contributed by atoms with Crippen molar-refractivity contribution in [3.8, 4) is 0 Å². The Morgan fingerprint density at radius 2 is 2.00 bits per heavy atom. The molecule has 0 saturated carbocycles. The van der Waals surface area contributed by atoms with E-state index in [1.54, 1.807) is 36.5 Å². The SMILES string of the molecule is Cc1ccc(C(=O)c2cc(N)cc(Cl)c2)cn1. The summed E-state index contributed by atoms with van der Waals surface area (Å²) < 4.78 is 0. The van der Waals surface area contributed by atoms with Crippen molar-refractivity contribution in [3.63, 3.8) is 0 Å². The van der Waals surface area contributed by atoms with Crippen LogP contribution in [-0.4, -0.2) is 10.8 Å². The van der Waals surface area contributed by atoms with E-state index in [1.165, 1.54) is 0 Å². The molecule has 0 aliphatic carbocycles. The molecule has 0 aliphatic rings. The highest BCUT2D eigenvalue weighted by Gasteiger charge is 2.10. The number of halogens is 1. The number of hydrogen-bond donors (Lipinski definition) is 1. The number of hydrogen-bond acceptors (Lipinski definition) is 3. The number of nitrogens with zero attached hydrogens (tertiary/aromatic N) is 1. The average Bonchev–Trinajstić information content (AvgIpc) is 2.28. The van der Waals surface area contributed by atoms with Crippen molar-refractivity contribution >= 4 is 23.1 Å². The molecule has 1 aromatic carbocycles. The predicted molar refractivity (Wildman–Crippen MR) is 68.3 cm³/mol. The molecule has 17 heavy (non-hydrogen) atoms. The Labute approximate surface area is 104 Å². The van der Waals surface area contributed by atoms with Crippen LogP contribution in [0.5, 0.6) is 0 Å². The quantitative estimate of drug-likeness (QED) is 0.655. The maximum atomic E-state index is 12.1. The van der Waals surface area contributed by atoms with Crippen LogP contribution in [0.4, 0.5) is 5.69 Å². The zero-order valence-electron chi connectivity index (χ0n) is 9.27. The summed E-state index contributed by atoms with van der Waals surface area (Å²) in [6, 6.07) is 8.34. The van der Waals surface area contributed by atoms with Crippen molar-refractivity contribution in [1.82, 2.24) is 4.98 Å². The summed E-state index contributed by atoms with van der Waals surface area (Å²) >= 11 is 5.86. The highest BCUT2D eigenvalue weighted by atomic mass is 35.5. The minimum atomic E-state index is -0.133. The lowest BCUT2D eigenvalue weighted by atomic mass is 10.0. The molecule has 0 bridgehead atoms. The minimum Gasteiger partial charge on any atom is -0.399 e. The lowest BCUT2D eigenvalue weighted by Crippen LogP contribution is -2.03. The molecule has 0 unspecified atom stereocenters. The molecular formula is C13H11ClN2O. The minimum absolute atomic E-state index is 0.133. The smallest absolute Gasteiger partial charge is 0.194 e. The van der Waals surface area contributed by atoms with E-state index in [0.29, 0.717) is 21.8 Å². The summed E-state index contributed by atoms with van der Waals surface area (Å²) in [6.07, 6.45) is 1.55. The summed E-state index contributed by atoms with van der Waals surface area (Å²) in [6.45, 7) is 1.87. The standard InChI is InChI=1S/C13H11ClN2O/c1-8-2-3-9(7-16-8)13(17)10-4-11(14)6-12(15)5-10/h2-7H,15H2,1H3. The van der Waals surface area contributed by atoms with Crippen molar-refractivity contribution in [2.45, 2.75) is 6.92 Å². The van der Waals surface area contributed by atoms with Gasteiger partial charge in [-0.1, -0.05) is 11.6 Å². The summed E-state index contributed by atoms with van der Waals surface area (Å²) in [5.41, 5.74) is 7.99. The molecule has 0 radical (unpaired) electrons. The average molecular weight is 247 g/mol.